The number of nitrogens with one attached hydrogen (secondary N) is 1. The van der Waals surface area contributed by atoms with Crippen LogP contribution in [-0.4, -0.2) is 31.7 Å². The fraction of sp³-hybridized carbons (Fsp3) is 0.588. The highest BCUT2D eigenvalue weighted by molar-refractivity contribution is 7.89. The zero-order valence-electron chi connectivity index (χ0n) is 13.9. The van der Waals surface area contributed by atoms with Crippen LogP contribution in [0.1, 0.15) is 46.0 Å². The van der Waals surface area contributed by atoms with Gasteiger partial charge in [-0.2, -0.15) is 4.31 Å². The smallest absolute Gasteiger partial charge is 0.243 e. The van der Waals surface area contributed by atoms with Gasteiger partial charge in [-0.25, -0.2) is 8.42 Å². The van der Waals surface area contributed by atoms with Gasteiger partial charge in [-0.15, -0.1) is 0 Å². The molecule has 0 spiro atoms. The number of sulfonamides is 1. The van der Waals surface area contributed by atoms with Gasteiger partial charge in [-0.3, -0.25) is 4.79 Å². The van der Waals surface area contributed by atoms with Crippen molar-refractivity contribution in [3.63, 3.8) is 0 Å². The molecule has 6 heteroatoms. The first-order chi connectivity index (χ1) is 10.9. The third kappa shape index (κ3) is 5.04. The molecule has 0 saturated carbocycles. The number of hydrogen-bond acceptors (Lipinski definition) is 3. The van der Waals surface area contributed by atoms with Crippen LogP contribution < -0.4 is 5.32 Å². The molecule has 1 aliphatic rings. The summed E-state index contributed by atoms with van der Waals surface area (Å²) in [7, 11) is -3.46. The molecule has 23 heavy (non-hydrogen) atoms. The molecular formula is C17H26N2O3S. The topological polar surface area (TPSA) is 66.5 Å². The van der Waals surface area contributed by atoms with Gasteiger partial charge in [0.2, 0.25) is 15.9 Å². The Kier molecular flexibility index (Phi) is 6.18. The van der Waals surface area contributed by atoms with Crippen LogP contribution in [-0.2, 0) is 14.8 Å². The van der Waals surface area contributed by atoms with Gasteiger partial charge >= 0.3 is 0 Å². The maximum atomic E-state index is 12.7. The van der Waals surface area contributed by atoms with Crippen LogP contribution >= 0.6 is 0 Å². The standard InChI is InChI=1S/C17H26N2O3S/c1-14(2)9-10-17(20)18-15-7-6-8-16(13-15)23(21,22)19-11-4-3-5-12-19/h6-8,13-14H,3-5,9-12H2,1-2H3,(H,18,20). The predicted octanol–water partition coefficient (Wildman–Crippen LogP) is 3.24. The summed E-state index contributed by atoms with van der Waals surface area (Å²) in [6.07, 6.45) is 4.16. The van der Waals surface area contributed by atoms with E-state index in [1.165, 1.54) is 4.31 Å². The van der Waals surface area contributed by atoms with E-state index in [9.17, 15) is 13.2 Å². The molecule has 2 rings (SSSR count). The number of nitrogens with zero attached hydrogens (tertiary/aromatic N) is 1. The van der Waals surface area contributed by atoms with Crippen molar-refractivity contribution in [1.82, 2.24) is 4.31 Å². The molecule has 1 amide bonds. The lowest BCUT2D eigenvalue weighted by Crippen LogP contribution is -2.35. The SMILES string of the molecule is CC(C)CCC(=O)Nc1cccc(S(=O)(=O)N2CCCCC2)c1. The van der Waals surface area contributed by atoms with Crippen LogP contribution in [0.3, 0.4) is 0 Å². The van der Waals surface area contributed by atoms with Crippen molar-refractivity contribution in [3.05, 3.63) is 24.3 Å². The van der Waals surface area contributed by atoms with Gasteiger partial charge in [0, 0.05) is 25.2 Å². The Morgan fingerprint density at radius 1 is 1.22 bits per heavy atom. The van der Waals surface area contributed by atoms with E-state index in [1.807, 2.05) is 0 Å². The highest BCUT2D eigenvalue weighted by atomic mass is 32.2. The first-order valence-electron chi connectivity index (χ1n) is 8.29. The average molecular weight is 338 g/mol. The Bertz CT molecular complexity index is 635. The van der Waals surface area contributed by atoms with E-state index >= 15 is 0 Å². The number of hydrogen-bond donors (Lipinski definition) is 1. The molecule has 0 radical (unpaired) electrons. The summed E-state index contributed by atoms with van der Waals surface area (Å²) >= 11 is 0. The quantitative estimate of drug-likeness (QED) is 0.866. The summed E-state index contributed by atoms with van der Waals surface area (Å²) in [6.45, 7) is 5.29. The van der Waals surface area contributed by atoms with E-state index in [1.54, 1.807) is 24.3 Å². The molecule has 1 aliphatic heterocycles. The molecule has 0 atom stereocenters. The third-order valence-electron chi connectivity index (χ3n) is 4.02. The molecule has 1 aromatic rings. The molecule has 1 N–H and O–H groups in total. The summed E-state index contributed by atoms with van der Waals surface area (Å²) < 4.78 is 26.8. The van der Waals surface area contributed by atoms with Gasteiger partial charge in [0.05, 0.1) is 4.90 Å². The number of carbonyl (C=O) groups excluding carboxylic acids is 1. The lowest BCUT2D eigenvalue weighted by Gasteiger charge is -2.26. The fourth-order valence-electron chi connectivity index (χ4n) is 2.63. The maximum absolute atomic E-state index is 12.7. The Labute approximate surface area is 139 Å². The van der Waals surface area contributed by atoms with Crippen LogP contribution in [0.15, 0.2) is 29.2 Å². The number of rotatable bonds is 6. The lowest BCUT2D eigenvalue weighted by molar-refractivity contribution is -0.116. The Balaban J connectivity index is 2.08. The molecule has 1 saturated heterocycles. The normalized spacial score (nSPS) is 16.5. The van der Waals surface area contributed by atoms with E-state index < -0.39 is 10.0 Å². The second kappa shape index (κ2) is 7.93. The highest BCUT2D eigenvalue weighted by Crippen LogP contribution is 2.23. The number of piperidine rings is 1. The number of anilines is 1. The number of benzene rings is 1. The van der Waals surface area contributed by atoms with Crippen molar-refractivity contribution >= 4 is 21.6 Å². The van der Waals surface area contributed by atoms with Crippen molar-refractivity contribution in [1.29, 1.82) is 0 Å². The van der Waals surface area contributed by atoms with Crippen LogP contribution in [0.25, 0.3) is 0 Å². The monoisotopic (exact) mass is 338 g/mol. The summed E-state index contributed by atoms with van der Waals surface area (Å²) in [5, 5.41) is 2.79. The van der Waals surface area contributed by atoms with Crippen LogP contribution in [0.5, 0.6) is 0 Å². The molecule has 1 heterocycles. The third-order valence-corrected chi connectivity index (χ3v) is 5.91. The molecule has 1 aromatic carbocycles. The molecule has 0 aliphatic carbocycles. The first-order valence-corrected chi connectivity index (χ1v) is 9.73. The van der Waals surface area contributed by atoms with E-state index in [0.29, 0.717) is 31.1 Å². The number of amides is 1. The average Bonchev–Trinajstić information content (AvgIpc) is 2.54. The van der Waals surface area contributed by atoms with Crippen molar-refractivity contribution < 1.29 is 13.2 Å². The van der Waals surface area contributed by atoms with E-state index in [-0.39, 0.29) is 10.8 Å². The van der Waals surface area contributed by atoms with Crippen molar-refractivity contribution in [2.75, 3.05) is 18.4 Å². The summed E-state index contributed by atoms with van der Waals surface area (Å²) in [5.74, 6) is 0.387. The summed E-state index contributed by atoms with van der Waals surface area (Å²) in [5.41, 5.74) is 0.539. The molecular weight excluding hydrogens is 312 g/mol. The minimum atomic E-state index is -3.46. The Morgan fingerprint density at radius 2 is 1.91 bits per heavy atom. The summed E-state index contributed by atoms with van der Waals surface area (Å²) in [4.78, 5) is 12.2. The zero-order valence-corrected chi connectivity index (χ0v) is 14.7. The minimum absolute atomic E-state index is 0.0776. The molecule has 128 valence electrons. The molecule has 5 nitrogen and oxygen atoms in total. The van der Waals surface area contributed by atoms with E-state index in [0.717, 1.165) is 25.7 Å². The predicted molar refractivity (Wildman–Crippen MR) is 91.8 cm³/mol. The summed E-state index contributed by atoms with van der Waals surface area (Å²) in [6, 6.07) is 6.54. The van der Waals surface area contributed by atoms with Gasteiger partial charge in [-0.1, -0.05) is 26.3 Å². The van der Waals surface area contributed by atoms with Gasteiger partial charge in [0.15, 0.2) is 0 Å². The Morgan fingerprint density at radius 3 is 2.57 bits per heavy atom. The molecule has 1 fully saturated rings. The minimum Gasteiger partial charge on any atom is -0.326 e. The molecule has 0 bridgehead atoms. The second-order valence-corrected chi connectivity index (χ2v) is 8.41. The van der Waals surface area contributed by atoms with Crippen molar-refractivity contribution in [2.24, 2.45) is 5.92 Å². The van der Waals surface area contributed by atoms with Gasteiger partial charge < -0.3 is 5.32 Å². The lowest BCUT2D eigenvalue weighted by atomic mass is 10.1. The van der Waals surface area contributed by atoms with Crippen molar-refractivity contribution in [3.8, 4) is 0 Å². The van der Waals surface area contributed by atoms with Crippen LogP contribution in [0.4, 0.5) is 5.69 Å². The highest BCUT2D eigenvalue weighted by Gasteiger charge is 2.26. The largest absolute Gasteiger partial charge is 0.326 e. The first kappa shape index (κ1) is 17.9. The van der Waals surface area contributed by atoms with E-state index in [4.69, 9.17) is 0 Å². The van der Waals surface area contributed by atoms with Gasteiger partial charge in [0.1, 0.15) is 0 Å². The van der Waals surface area contributed by atoms with E-state index in [2.05, 4.69) is 19.2 Å². The molecule has 0 aromatic heterocycles. The van der Waals surface area contributed by atoms with Gasteiger partial charge in [0.25, 0.3) is 0 Å². The number of carbonyl (C=O) groups is 1. The second-order valence-electron chi connectivity index (χ2n) is 6.47. The molecule has 0 unspecified atom stereocenters. The Hall–Kier alpha value is -1.40. The van der Waals surface area contributed by atoms with Gasteiger partial charge in [-0.05, 0) is 43.4 Å². The van der Waals surface area contributed by atoms with Crippen LogP contribution in [0, 0.1) is 5.92 Å². The zero-order chi connectivity index (χ0) is 16.9. The van der Waals surface area contributed by atoms with Crippen molar-refractivity contribution in [2.45, 2.75) is 50.8 Å². The van der Waals surface area contributed by atoms with Crippen LogP contribution in [0.2, 0.25) is 0 Å². The maximum Gasteiger partial charge on any atom is 0.243 e. The fourth-order valence-corrected chi connectivity index (χ4v) is 4.20.